The summed E-state index contributed by atoms with van der Waals surface area (Å²) in [6.07, 6.45) is 0. The zero-order valence-electron chi connectivity index (χ0n) is 54.2. The normalized spacial score (nSPS) is 14.7. The summed E-state index contributed by atoms with van der Waals surface area (Å²) in [6.45, 7) is 0. The van der Waals surface area contributed by atoms with Gasteiger partial charge in [0.25, 0.3) is 0 Å². The molecule has 0 saturated heterocycles. The van der Waals surface area contributed by atoms with E-state index in [9.17, 15) is 0 Å². The van der Waals surface area contributed by atoms with Gasteiger partial charge in [-0.05, 0) is 147 Å². The zero-order valence-corrected chi connectivity index (χ0v) is 44.2. The van der Waals surface area contributed by atoms with Crippen LogP contribution in [0.3, 0.4) is 0 Å². The summed E-state index contributed by atoms with van der Waals surface area (Å²) in [6, 6.07) is 94.7. The third-order valence-electron chi connectivity index (χ3n) is 16.2. The maximum absolute atomic E-state index is 8.67. The largest absolute Gasteiger partial charge is 0.0713 e. The van der Waals surface area contributed by atoms with Gasteiger partial charge in [0.2, 0.25) is 0 Å². The van der Waals surface area contributed by atoms with E-state index in [0.717, 1.165) is 66.8 Å². The van der Waals surface area contributed by atoms with Gasteiger partial charge in [0.05, 0.1) is 19.1 Å². The lowest BCUT2D eigenvalue weighted by Crippen LogP contribution is -2.28. The molecule has 1 aliphatic rings. The Hall–Kier alpha value is -10.1. The van der Waals surface area contributed by atoms with Crippen LogP contribution in [0.1, 0.15) is 81.2 Å². The predicted octanol–water partition coefficient (Wildman–Crippen LogP) is 20.7. The minimum atomic E-state index is -0.596. The van der Waals surface area contributed by atoms with Crippen LogP contribution in [0.25, 0.3) is 66.8 Å². The van der Waals surface area contributed by atoms with Gasteiger partial charge in [-0.3, -0.25) is 0 Å². The molecule has 0 spiro atoms. The van der Waals surface area contributed by atoms with Crippen molar-refractivity contribution in [2.45, 2.75) is 17.3 Å². The SMILES string of the molecule is [2H]c1c([2H])c([2H])c(-c2ccc(C(c3ccccc3)c3ccc(-c4cc(-c5ccc(C(c6ccccc6)c6ccc(-c7c([2H])c([2H])c([2H])c([2H])c7[2H])cc6)cc5)cc(-c5ccc6c(c5)C(c5ccccc5)(c5ccccc5)c5ccccc5-6)c4)cc3)cc2)c([2H])c1[2H]. The quantitative estimate of drug-likeness (QED) is 0.101. The van der Waals surface area contributed by atoms with Gasteiger partial charge in [0.1, 0.15) is 0 Å². The zero-order chi connectivity index (χ0) is 62.7. The lowest BCUT2D eigenvalue weighted by Gasteiger charge is -2.34. The first kappa shape index (κ1) is 39.3. The smallest absolute Gasteiger partial charge is 0.0622 e. The van der Waals surface area contributed by atoms with Crippen LogP contribution in [0.5, 0.6) is 0 Å². The first-order valence-electron chi connectivity index (χ1n) is 32.5. The van der Waals surface area contributed by atoms with Crippen LogP contribution in [0.15, 0.2) is 339 Å². The van der Waals surface area contributed by atoms with E-state index >= 15 is 0 Å². The topological polar surface area (TPSA) is 0 Å². The molecule has 0 aromatic heterocycles. The Morgan fingerprint density at radius 1 is 0.222 bits per heavy atom. The van der Waals surface area contributed by atoms with Crippen molar-refractivity contribution in [3.05, 3.63) is 395 Å². The van der Waals surface area contributed by atoms with E-state index in [4.69, 9.17) is 13.7 Å². The van der Waals surface area contributed by atoms with Crippen LogP contribution >= 0.6 is 0 Å². The Morgan fingerprint density at radius 3 is 0.938 bits per heavy atom. The van der Waals surface area contributed by atoms with Crippen LogP contribution in [-0.2, 0) is 5.41 Å². The molecular weight excluding hydrogens is 973 g/mol. The van der Waals surface area contributed by atoms with Crippen molar-refractivity contribution in [2.24, 2.45) is 0 Å². The highest BCUT2D eigenvalue weighted by atomic mass is 14.5. The van der Waals surface area contributed by atoms with Crippen LogP contribution in [-0.4, -0.2) is 0 Å². The van der Waals surface area contributed by atoms with Crippen molar-refractivity contribution in [1.82, 2.24) is 0 Å². The molecule has 13 aromatic carbocycles. The third kappa shape index (κ3) is 9.31. The molecule has 0 heteroatoms. The highest BCUT2D eigenvalue weighted by Crippen LogP contribution is 2.57. The molecule has 0 saturated carbocycles. The predicted molar refractivity (Wildman–Crippen MR) is 339 cm³/mol. The summed E-state index contributed by atoms with van der Waals surface area (Å²) in [7, 11) is 0. The number of rotatable bonds is 13. The Bertz CT molecular complexity index is 4570. The molecule has 0 N–H and O–H groups in total. The van der Waals surface area contributed by atoms with E-state index in [-0.39, 0.29) is 71.3 Å². The van der Waals surface area contributed by atoms with E-state index in [1.54, 1.807) is 0 Å². The molecule has 13 aromatic rings. The number of hydrogen-bond acceptors (Lipinski definition) is 0. The molecule has 0 amide bonds. The standard InChI is InChI=1S/C81H58/c1-7-21-57(22-8-1)59-35-43-65(44-36-59)79(63-25-11-3-12-26-63)67-47-39-61(40-48-67)70-53-71(62-41-49-68(50-42-62)80(64-27-13-4-14-28-64)66-45-37-60(38-46-66)58-23-9-2-10-24-58)55-72(54-70)69-51-52-76-75-33-19-20-34-77(75)81(78(76)56-69,73-29-15-5-16-30-73)74-31-17-6-18-32-74/h1-56,79-80H/i1D,2D,7D,8D,9D,10D,21D,22D,23D,24D. The molecule has 2 unspecified atom stereocenters. The van der Waals surface area contributed by atoms with E-state index in [1.807, 2.05) is 84.9 Å². The van der Waals surface area contributed by atoms with Crippen molar-refractivity contribution in [1.29, 1.82) is 0 Å². The minimum Gasteiger partial charge on any atom is -0.0622 e. The average Bonchev–Trinajstić information content (AvgIpc) is 1.56. The molecule has 0 heterocycles. The molecule has 0 bridgehead atoms. The fourth-order valence-corrected chi connectivity index (χ4v) is 12.4. The molecular formula is C81H58. The van der Waals surface area contributed by atoms with Crippen molar-refractivity contribution in [3.63, 3.8) is 0 Å². The fourth-order valence-electron chi connectivity index (χ4n) is 12.4. The van der Waals surface area contributed by atoms with Crippen LogP contribution in [0, 0.1) is 0 Å². The summed E-state index contributed by atoms with van der Waals surface area (Å²) in [5.74, 6) is -0.370. The second kappa shape index (κ2) is 21.6. The first-order chi connectivity index (χ1) is 44.3. The Balaban J connectivity index is 0.890. The van der Waals surface area contributed by atoms with Gasteiger partial charge in [0.15, 0.2) is 0 Å². The molecule has 0 radical (unpaired) electrons. The van der Waals surface area contributed by atoms with Gasteiger partial charge < -0.3 is 0 Å². The fraction of sp³-hybridized carbons (Fsp3) is 0.0370. The summed E-state index contributed by atoms with van der Waals surface area (Å²) in [4.78, 5) is 0. The van der Waals surface area contributed by atoms with E-state index < -0.39 is 17.5 Å². The molecule has 81 heavy (non-hydrogen) atoms. The summed E-state index contributed by atoms with van der Waals surface area (Å²) in [5, 5.41) is 0. The van der Waals surface area contributed by atoms with Gasteiger partial charge in [-0.15, -0.1) is 0 Å². The van der Waals surface area contributed by atoms with Gasteiger partial charge in [-0.2, -0.15) is 0 Å². The Labute approximate surface area is 490 Å². The number of hydrogen-bond donors (Lipinski definition) is 0. The number of fused-ring (bicyclic) bond motifs is 3. The molecule has 382 valence electrons. The van der Waals surface area contributed by atoms with E-state index in [0.29, 0.717) is 11.1 Å². The van der Waals surface area contributed by atoms with Gasteiger partial charge >= 0.3 is 0 Å². The van der Waals surface area contributed by atoms with Gasteiger partial charge in [-0.1, -0.05) is 315 Å². The Morgan fingerprint density at radius 2 is 0.531 bits per heavy atom. The van der Waals surface area contributed by atoms with Crippen LogP contribution in [0.4, 0.5) is 0 Å². The molecule has 2 atom stereocenters. The molecule has 0 nitrogen and oxygen atoms in total. The summed E-state index contributed by atoms with van der Waals surface area (Å²) in [5.41, 5.74) is 20.6. The van der Waals surface area contributed by atoms with Crippen molar-refractivity contribution < 1.29 is 13.7 Å². The molecule has 0 fully saturated rings. The van der Waals surface area contributed by atoms with Gasteiger partial charge in [-0.25, -0.2) is 0 Å². The van der Waals surface area contributed by atoms with Crippen molar-refractivity contribution in [2.75, 3.05) is 0 Å². The monoisotopic (exact) mass is 1040 g/mol. The van der Waals surface area contributed by atoms with E-state index in [2.05, 4.69) is 194 Å². The molecule has 1 aliphatic carbocycles. The third-order valence-corrected chi connectivity index (χ3v) is 16.2. The maximum atomic E-state index is 8.67. The number of benzene rings is 13. The highest BCUT2D eigenvalue weighted by molar-refractivity contribution is 5.90. The minimum absolute atomic E-state index is 0.171. The maximum Gasteiger partial charge on any atom is 0.0713 e. The van der Waals surface area contributed by atoms with Crippen molar-refractivity contribution in [3.8, 4) is 66.8 Å². The van der Waals surface area contributed by atoms with Crippen molar-refractivity contribution >= 4 is 0 Å². The highest BCUT2D eigenvalue weighted by Gasteiger charge is 2.46. The second-order valence-electron chi connectivity index (χ2n) is 20.8. The van der Waals surface area contributed by atoms with Crippen LogP contribution < -0.4 is 0 Å². The first-order valence-corrected chi connectivity index (χ1v) is 27.5. The Kier molecular flexibility index (Phi) is 10.5. The summed E-state index contributed by atoms with van der Waals surface area (Å²) >= 11 is 0. The lowest BCUT2D eigenvalue weighted by molar-refractivity contribution is 0.769. The lowest BCUT2D eigenvalue weighted by atomic mass is 9.67. The van der Waals surface area contributed by atoms with Gasteiger partial charge in [0, 0.05) is 11.8 Å². The molecule has 14 rings (SSSR count). The van der Waals surface area contributed by atoms with Crippen LogP contribution in [0.2, 0.25) is 0 Å². The van der Waals surface area contributed by atoms with E-state index in [1.165, 1.54) is 33.4 Å². The molecule has 0 aliphatic heterocycles. The average molecular weight is 1040 g/mol. The summed E-state index contributed by atoms with van der Waals surface area (Å²) < 4.78 is 84.3. The second-order valence-corrected chi connectivity index (χ2v) is 20.8.